The van der Waals surface area contributed by atoms with Crippen LogP contribution in [0, 0.1) is 17.8 Å². The lowest BCUT2D eigenvalue weighted by Gasteiger charge is -2.59. The molecule has 64 heavy (non-hydrogen) atoms. The number of nitrogens with zero attached hydrogens (tertiary/aromatic N) is 2. The number of allylic oxidation sites excluding steroid dienone is 1. The largest absolute Gasteiger partial charge is 0.459 e. The number of benzene rings is 1. The molecular weight excluding hydrogens is 842 g/mol. The Balaban J connectivity index is 1.77. The third-order valence-electron chi connectivity index (χ3n) is 12.6. The van der Waals surface area contributed by atoms with Crippen LogP contribution in [0.15, 0.2) is 47.7 Å². The molecule has 0 unspecified atom stereocenters. The molecule has 4 N–H and O–H groups in total. The molecule has 4 rings (SSSR count). The fourth-order valence-corrected chi connectivity index (χ4v) is 9.79. The van der Waals surface area contributed by atoms with E-state index < -0.39 is 29.9 Å². The number of hydrogen-bond donors (Lipinski definition) is 4. The Labute approximate surface area is 387 Å². The zero-order valence-electron chi connectivity index (χ0n) is 38.7. The van der Waals surface area contributed by atoms with Crippen LogP contribution in [0.2, 0.25) is 0 Å². The average molecular weight is 921 g/mol. The molecule has 1 saturated carbocycles. The summed E-state index contributed by atoms with van der Waals surface area (Å²) in [5.41, 5.74) is 2.34. The van der Waals surface area contributed by atoms with E-state index >= 15 is 0 Å². The van der Waals surface area contributed by atoms with Crippen LogP contribution in [-0.4, -0.2) is 122 Å². The van der Waals surface area contributed by atoms with Gasteiger partial charge in [0.05, 0.1) is 43.9 Å². The van der Waals surface area contributed by atoms with Crippen molar-refractivity contribution in [1.82, 2.24) is 10.2 Å². The second-order valence-electron chi connectivity index (χ2n) is 17.0. The first-order valence-electron chi connectivity index (χ1n) is 24.2. The number of oxime groups is 1. The molecule has 0 radical (unpaired) electrons. The van der Waals surface area contributed by atoms with Gasteiger partial charge < -0.3 is 49.2 Å². The van der Waals surface area contributed by atoms with Crippen molar-refractivity contribution in [3.05, 3.63) is 48.1 Å². The van der Waals surface area contributed by atoms with E-state index in [-0.39, 0.29) is 82.8 Å². The van der Waals surface area contributed by atoms with Crippen molar-refractivity contribution in [2.75, 3.05) is 71.8 Å². The van der Waals surface area contributed by atoms with Crippen LogP contribution < -0.4 is 14.8 Å². The molecule has 0 saturated heterocycles. The van der Waals surface area contributed by atoms with Crippen LogP contribution in [0.4, 0.5) is 9.59 Å². The maximum Gasteiger partial charge on any atom is 0.412 e. The molecule has 3 aliphatic rings. The molecule has 1 aliphatic heterocycles. The van der Waals surface area contributed by atoms with Crippen LogP contribution in [0.1, 0.15) is 134 Å². The third kappa shape index (κ3) is 15.3. The van der Waals surface area contributed by atoms with Crippen molar-refractivity contribution < 1.29 is 53.4 Å². The summed E-state index contributed by atoms with van der Waals surface area (Å²) in [6, 6.07) is 4.58. The quantitative estimate of drug-likeness (QED) is 0.0229. The predicted octanol–water partition coefficient (Wildman–Crippen LogP) is 9.04. The molecule has 15 heteroatoms. The molecule has 1 aromatic rings. The average Bonchev–Trinajstić information content (AvgIpc) is 3.30. The van der Waals surface area contributed by atoms with Crippen LogP contribution in [-0.2, 0) is 19.0 Å². The monoisotopic (exact) mass is 920 g/mol. The van der Waals surface area contributed by atoms with Crippen molar-refractivity contribution in [3.8, 4) is 11.5 Å². The Morgan fingerprint density at radius 1 is 0.938 bits per heavy atom. The van der Waals surface area contributed by atoms with E-state index in [9.17, 15) is 24.9 Å². The summed E-state index contributed by atoms with van der Waals surface area (Å²) in [6.07, 6.45) is 19.3. The Bertz CT molecular complexity index is 1600. The number of hydrogen-bond acceptors (Lipinski definition) is 12. The molecule has 6 atom stereocenters. The van der Waals surface area contributed by atoms with Gasteiger partial charge in [-0.1, -0.05) is 94.9 Å². The highest BCUT2D eigenvalue weighted by atomic mass is 35.5. The second-order valence-corrected chi connectivity index (χ2v) is 17.4. The Hall–Kier alpha value is -3.40. The fraction of sp³-hybridized carbons (Fsp3) is 0.735. The minimum atomic E-state index is -1.51. The molecule has 1 heterocycles. The van der Waals surface area contributed by atoms with Crippen molar-refractivity contribution in [2.45, 2.75) is 141 Å². The number of unbranched alkanes of at least 4 members (excludes halogenated alkanes) is 11. The van der Waals surface area contributed by atoms with Crippen LogP contribution in [0.5, 0.6) is 11.5 Å². The summed E-state index contributed by atoms with van der Waals surface area (Å²) < 4.78 is 31.5. The van der Waals surface area contributed by atoms with E-state index in [2.05, 4.69) is 24.9 Å². The van der Waals surface area contributed by atoms with E-state index in [1.165, 1.54) is 44.9 Å². The van der Waals surface area contributed by atoms with E-state index in [4.69, 9.17) is 45.3 Å². The molecule has 2 aliphatic carbocycles. The number of amides is 2. The standard InChI is InChI=1S/C49H78ClN3O11/c1-4-7-8-9-10-11-12-13-14-17-25-51-47(57)63-38-22-23-43-41(35-38)45-39(21-16-19-28-55)37(20-15-18-27-54)34-40-42(52-62-6-3)36-44(49(64-43,46(40)45)61-30-5-2)53(26-32-59-33-29-56)48(58)60-31-24-50/h5,22-23,34-35,37,39,44-46,54-56H,2,4,6-21,24-33,36H2,1,3H3,(H,51,57)/t37-,39+,44-,45+,46+,49+/m0/s1. The first kappa shape index (κ1) is 53.2. The van der Waals surface area contributed by atoms with Crippen molar-refractivity contribution >= 4 is 29.5 Å². The van der Waals surface area contributed by atoms with E-state index in [0.717, 1.165) is 56.1 Å². The smallest absolute Gasteiger partial charge is 0.412 e. The number of rotatable bonds is 33. The number of carbonyl (C=O) groups is 2. The maximum atomic E-state index is 14.2. The highest BCUT2D eigenvalue weighted by molar-refractivity contribution is 6.18. The molecule has 1 fully saturated rings. The van der Waals surface area contributed by atoms with Gasteiger partial charge in [-0.3, -0.25) is 4.90 Å². The maximum absolute atomic E-state index is 14.2. The van der Waals surface area contributed by atoms with Gasteiger partial charge in [-0.25, -0.2) is 9.59 Å². The first-order valence-corrected chi connectivity index (χ1v) is 24.7. The van der Waals surface area contributed by atoms with Crippen LogP contribution in [0.25, 0.3) is 0 Å². The van der Waals surface area contributed by atoms with Crippen LogP contribution >= 0.6 is 11.6 Å². The molecule has 0 spiro atoms. The van der Waals surface area contributed by atoms with Gasteiger partial charge in [-0.05, 0) is 74.6 Å². The number of halogens is 1. The van der Waals surface area contributed by atoms with Gasteiger partial charge >= 0.3 is 12.2 Å². The number of aliphatic hydroxyl groups excluding tert-OH is 3. The lowest BCUT2D eigenvalue weighted by Crippen LogP contribution is -2.70. The summed E-state index contributed by atoms with van der Waals surface area (Å²) in [5, 5.41) is 36.9. The summed E-state index contributed by atoms with van der Waals surface area (Å²) in [7, 11) is 0. The summed E-state index contributed by atoms with van der Waals surface area (Å²) >= 11 is 6.01. The topological polar surface area (TPSA) is 178 Å². The van der Waals surface area contributed by atoms with Gasteiger partial charge in [-0.15, -0.1) is 18.2 Å². The minimum Gasteiger partial charge on any atom is -0.459 e. The van der Waals surface area contributed by atoms with E-state index in [1.807, 2.05) is 13.0 Å². The number of ether oxygens (including phenoxy) is 5. The Morgan fingerprint density at radius 3 is 2.33 bits per heavy atom. The fourth-order valence-electron chi connectivity index (χ4n) is 9.71. The number of alkyl halides is 1. The molecule has 0 bridgehead atoms. The van der Waals surface area contributed by atoms with Crippen molar-refractivity contribution in [3.63, 3.8) is 0 Å². The van der Waals surface area contributed by atoms with Crippen LogP contribution in [0.3, 0.4) is 0 Å². The predicted molar refractivity (Wildman–Crippen MR) is 249 cm³/mol. The highest BCUT2D eigenvalue weighted by Crippen LogP contribution is 2.62. The molecule has 0 aromatic heterocycles. The number of aliphatic hydroxyl groups is 3. The van der Waals surface area contributed by atoms with Gasteiger partial charge in [0.15, 0.2) is 0 Å². The Kier molecular flexibility index (Phi) is 24.9. The summed E-state index contributed by atoms with van der Waals surface area (Å²) in [5.74, 6) is -1.40. The normalized spacial score (nSPS) is 22.8. The highest BCUT2D eigenvalue weighted by Gasteiger charge is 2.65. The van der Waals surface area contributed by atoms with Gasteiger partial charge in [0.25, 0.3) is 0 Å². The molecule has 14 nitrogen and oxygen atoms in total. The second kappa shape index (κ2) is 30.0. The zero-order valence-corrected chi connectivity index (χ0v) is 39.4. The van der Waals surface area contributed by atoms with E-state index in [1.54, 1.807) is 23.1 Å². The summed E-state index contributed by atoms with van der Waals surface area (Å²) in [6.45, 7) is 9.17. The SMILES string of the molecule is C=CCO[C@@]12Oc3ccc(OC(=O)NCCCCCCCCCCCC)cc3[C@H]3[C@H](CCCCO)[C@@H](CCCCO)C=C(C(=NOCC)C[C@@H]1N(CCOCCO)C(=O)OCCCl)[C@H]32. The van der Waals surface area contributed by atoms with Crippen molar-refractivity contribution in [2.24, 2.45) is 22.9 Å². The molecule has 2 amide bonds. The van der Waals surface area contributed by atoms with E-state index in [0.29, 0.717) is 43.2 Å². The van der Waals surface area contributed by atoms with Gasteiger partial charge in [0.2, 0.25) is 5.79 Å². The van der Waals surface area contributed by atoms with Gasteiger partial charge in [0, 0.05) is 44.2 Å². The zero-order chi connectivity index (χ0) is 46.0. The minimum absolute atomic E-state index is 0.0228. The number of nitrogens with one attached hydrogen (secondary N) is 1. The molecule has 362 valence electrons. The van der Waals surface area contributed by atoms with Gasteiger partial charge in [-0.2, -0.15) is 0 Å². The van der Waals surface area contributed by atoms with Crippen molar-refractivity contribution in [1.29, 1.82) is 0 Å². The lowest BCUT2D eigenvalue weighted by molar-refractivity contribution is -0.256. The van der Waals surface area contributed by atoms with Gasteiger partial charge in [0.1, 0.15) is 30.8 Å². The first-order chi connectivity index (χ1) is 31.3. The number of carbonyl (C=O) groups excluding carboxylic acids is 2. The molecular formula is C49H78ClN3O11. The third-order valence-corrected chi connectivity index (χ3v) is 12.7. The summed E-state index contributed by atoms with van der Waals surface area (Å²) in [4.78, 5) is 34.8. The lowest BCUT2D eigenvalue weighted by atomic mass is 9.55. The Morgan fingerprint density at radius 2 is 1.66 bits per heavy atom. The number of fused-ring (bicyclic) bond motifs is 2. The molecule has 1 aromatic carbocycles.